The van der Waals surface area contributed by atoms with Crippen LogP contribution in [0.15, 0.2) is 60.7 Å². The van der Waals surface area contributed by atoms with E-state index < -0.39 is 0 Å². The molecule has 0 fully saturated rings. The third-order valence-electron chi connectivity index (χ3n) is 4.50. The molecule has 3 aromatic carbocycles. The van der Waals surface area contributed by atoms with Gasteiger partial charge in [0, 0.05) is 0 Å². The summed E-state index contributed by atoms with van der Waals surface area (Å²) < 4.78 is 1.11. The number of hydrogen-bond acceptors (Lipinski definition) is 3. The van der Waals surface area contributed by atoms with Crippen molar-refractivity contribution in [1.82, 2.24) is 4.98 Å². The van der Waals surface area contributed by atoms with Gasteiger partial charge in [-0.3, -0.25) is 4.79 Å². The second kappa shape index (κ2) is 6.89. The van der Waals surface area contributed by atoms with Crippen LogP contribution in [-0.2, 0) is 11.2 Å². The molecule has 0 aliphatic heterocycles. The smallest absolute Gasteiger partial charge is 0.230 e. The minimum atomic E-state index is -0.0366. The molecular formula is C22H20N2OS. The van der Waals surface area contributed by atoms with E-state index in [-0.39, 0.29) is 5.91 Å². The van der Waals surface area contributed by atoms with Crippen molar-refractivity contribution in [3.8, 4) is 0 Å². The maximum atomic E-state index is 12.5. The molecule has 130 valence electrons. The fourth-order valence-electron chi connectivity index (χ4n) is 3.19. The van der Waals surface area contributed by atoms with Gasteiger partial charge in [-0.1, -0.05) is 79.8 Å². The van der Waals surface area contributed by atoms with Crippen molar-refractivity contribution in [3.05, 3.63) is 71.8 Å². The number of amides is 1. The average Bonchev–Trinajstić information content (AvgIpc) is 3.03. The third kappa shape index (κ3) is 3.33. The van der Waals surface area contributed by atoms with E-state index in [2.05, 4.69) is 66.6 Å². The van der Waals surface area contributed by atoms with Crippen LogP contribution in [0, 0.1) is 0 Å². The minimum absolute atomic E-state index is 0.0366. The van der Waals surface area contributed by atoms with Crippen molar-refractivity contribution in [2.45, 2.75) is 26.2 Å². The Kier molecular flexibility index (Phi) is 4.43. The average molecular weight is 360 g/mol. The van der Waals surface area contributed by atoms with Gasteiger partial charge >= 0.3 is 0 Å². The fourth-order valence-corrected chi connectivity index (χ4v) is 4.10. The van der Waals surface area contributed by atoms with Gasteiger partial charge in [0.1, 0.15) is 0 Å². The molecule has 0 aliphatic rings. The highest BCUT2D eigenvalue weighted by molar-refractivity contribution is 7.22. The molecule has 0 aliphatic carbocycles. The highest BCUT2D eigenvalue weighted by Gasteiger charge is 2.12. The second-order valence-electron chi connectivity index (χ2n) is 6.77. The van der Waals surface area contributed by atoms with Gasteiger partial charge in [-0.25, -0.2) is 4.98 Å². The summed E-state index contributed by atoms with van der Waals surface area (Å²) in [5.41, 5.74) is 3.22. The van der Waals surface area contributed by atoms with Crippen LogP contribution in [-0.4, -0.2) is 10.9 Å². The molecule has 0 unspecified atom stereocenters. The zero-order valence-corrected chi connectivity index (χ0v) is 15.6. The standard InChI is InChI=1S/C22H20N2OS/c1-14(2)18-8-5-9-19-21(18)24-22(26-19)23-20(25)13-15-10-11-16-6-3-4-7-17(16)12-15/h3-12,14H,13H2,1-2H3,(H,23,24,25). The molecule has 0 radical (unpaired) electrons. The number of para-hydroxylation sites is 1. The second-order valence-corrected chi connectivity index (χ2v) is 7.80. The number of nitrogens with one attached hydrogen (secondary N) is 1. The van der Waals surface area contributed by atoms with E-state index >= 15 is 0 Å². The van der Waals surface area contributed by atoms with E-state index in [4.69, 9.17) is 0 Å². The maximum Gasteiger partial charge on any atom is 0.230 e. The van der Waals surface area contributed by atoms with E-state index in [1.54, 1.807) is 0 Å². The Morgan fingerprint density at radius 1 is 1.04 bits per heavy atom. The fraction of sp³-hybridized carbons (Fsp3) is 0.182. The molecule has 26 heavy (non-hydrogen) atoms. The Balaban J connectivity index is 1.54. The first-order chi connectivity index (χ1) is 12.6. The quantitative estimate of drug-likeness (QED) is 0.503. The predicted octanol–water partition coefficient (Wildman–Crippen LogP) is 5.75. The van der Waals surface area contributed by atoms with Crippen molar-refractivity contribution in [1.29, 1.82) is 0 Å². The van der Waals surface area contributed by atoms with Gasteiger partial charge in [0.2, 0.25) is 5.91 Å². The lowest BCUT2D eigenvalue weighted by molar-refractivity contribution is -0.115. The van der Waals surface area contributed by atoms with Crippen LogP contribution in [0.4, 0.5) is 5.13 Å². The molecule has 0 saturated heterocycles. The Labute approximate surface area is 156 Å². The van der Waals surface area contributed by atoms with E-state index in [0.29, 0.717) is 17.5 Å². The molecule has 1 aromatic heterocycles. The summed E-state index contributed by atoms with van der Waals surface area (Å²) in [5, 5.41) is 5.96. The van der Waals surface area contributed by atoms with Crippen LogP contribution < -0.4 is 5.32 Å². The van der Waals surface area contributed by atoms with Crippen LogP contribution in [0.25, 0.3) is 21.0 Å². The van der Waals surface area contributed by atoms with E-state index in [9.17, 15) is 4.79 Å². The molecule has 0 spiro atoms. The first kappa shape index (κ1) is 16.7. The Morgan fingerprint density at radius 2 is 1.85 bits per heavy atom. The molecular weight excluding hydrogens is 340 g/mol. The molecule has 4 heteroatoms. The number of hydrogen-bond donors (Lipinski definition) is 1. The lowest BCUT2D eigenvalue weighted by Crippen LogP contribution is -2.14. The first-order valence-electron chi connectivity index (χ1n) is 8.77. The number of rotatable bonds is 4. The largest absolute Gasteiger partial charge is 0.302 e. The van der Waals surface area contributed by atoms with E-state index in [0.717, 1.165) is 21.2 Å². The van der Waals surface area contributed by atoms with Crippen molar-refractivity contribution >= 4 is 43.4 Å². The Morgan fingerprint density at radius 3 is 2.65 bits per heavy atom. The molecule has 4 rings (SSSR count). The molecule has 0 atom stereocenters. The van der Waals surface area contributed by atoms with Crippen LogP contribution in [0.2, 0.25) is 0 Å². The number of aromatic nitrogens is 1. The summed E-state index contributed by atoms with van der Waals surface area (Å²) in [6.45, 7) is 4.32. The van der Waals surface area contributed by atoms with Gasteiger partial charge in [-0.2, -0.15) is 0 Å². The third-order valence-corrected chi connectivity index (χ3v) is 5.43. The molecule has 1 heterocycles. The number of fused-ring (bicyclic) bond motifs is 2. The van der Waals surface area contributed by atoms with E-state index in [1.165, 1.54) is 22.3 Å². The van der Waals surface area contributed by atoms with Crippen molar-refractivity contribution in [2.24, 2.45) is 0 Å². The zero-order chi connectivity index (χ0) is 18.1. The monoisotopic (exact) mass is 360 g/mol. The minimum Gasteiger partial charge on any atom is -0.302 e. The van der Waals surface area contributed by atoms with Gasteiger partial charge in [-0.05, 0) is 33.9 Å². The Bertz CT molecular complexity index is 1100. The topological polar surface area (TPSA) is 42.0 Å². The van der Waals surface area contributed by atoms with Crippen LogP contribution in [0.5, 0.6) is 0 Å². The van der Waals surface area contributed by atoms with Gasteiger partial charge in [0.05, 0.1) is 16.6 Å². The SMILES string of the molecule is CC(C)c1cccc2sc(NC(=O)Cc3ccc4ccccc4c3)nc12. The van der Waals surface area contributed by atoms with Gasteiger partial charge in [-0.15, -0.1) is 0 Å². The zero-order valence-electron chi connectivity index (χ0n) is 14.8. The predicted molar refractivity (Wildman–Crippen MR) is 110 cm³/mol. The van der Waals surface area contributed by atoms with Crippen LogP contribution >= 0.6 is 11.3 Å². The van der Waals surface area contributed by atoms with Crippen LogP contribution in [0.3, 0.4) is 0 Å². The summed E-state index contributed by atoms with van der Waals surface area (Å²) in [6, 6.07) is 20.5. The highest BCUT2D eigenvalue weighted by atomic mass is 32.1. The molecule has 4 aromatic rings. The van der Waals surface area contributed by atoms with E-state index in [1.807, 2.05) is 18.2 Å². The highest BCUT2D eigenvalue weighted by Crippen LogP contribution is 2.31. The molecule has 0 bridgehead atoms. The maximum absolute atomic E-state index is 12.5. The molecule has 0 saturated carbocycles. The lowest BCUT2D eigenvalue weighted by Gasteiger charge is -2.05. The summed E-state index contributed by atoms with van der Waals surface area (Å²) in [6.07, 6.45) is 0.345. The summed E-state index contributed by atoms with van der Waals surface area (Å²) in [7, 11) is 0. The number of anilines is 1. The van der Waals surface area contributed by atoms with Crippen molar-refractivity contribution in [3.63, 3.8) is 0 Å². The molecule has 1 N–H and O–H groups in total. The number of carbonyl (C=O) groups is 1. The Hall–Kier alpha value is -2.72. The van der Waals surface area contributed by atoms with Crippen LogP contribution in [0.1, 0.15) is 30.9 Å². The van der Waals surface area contributed by atoms with Gasteiger partial charge < -0.3 is 5.32 Å². The number of benzene rings is 3. The van der Waals surface area contributed by atoms with Crippen molar-refractivity contribution < 1.29 is 4.79 Å². The number of nitrogens with zero attached hydrogens (tertiary/aromatic N) is 1. The molecule has 3 nitrogen and oxygen atoms in total. The van der Waals surface area contributed by atoms with Gasteiger partial charge in [0.15, 0.2) is 5.13 Å². The molecule has 1 amide bonds. The lowest BCUT2D eigenvalue weighted by atomic mass is 10.0. The number of thiazole rings is 1. The summed E-state index contributed by atoms with van der Waals surface area (Å²) in [4.78, 5) is 17.1. The first-order valence-corrected chi connectivity index (χ1v) is 9.59. The normalized spacial score (nSPS) is 11.3. The summed E-state index contributed by atoms with van der Waals surface area (Å²) >= 11 is 1.53. The van der Waals surface area contributed by atoms with Gasteiger partial charge in [0.25, 0.3) is 0 Å². The summed E-state index contributed by atoms with van der Waals surface area (Å²) in [5.74, 6) is 0.368. The van der Waals surface area contributed by atoms with Crippen molar-refractivity contribution in [2.75, 3.05) is 5.32 Å². The number of carbonyl (C=O) groups excluding carboxylic acids is 1.